The Morgan fingerprint density at radius 3 is 2.95 bits per heavy atom. The van der Waals surface area contributed by atoms with Crippen LogP contribution in [0.1, 0.15) is 12.0 Å². The van der Waals surface area contributed by atoms with Crippen molar-refractivity contribution in [2.24, 2.45) is 0 Å². The Kier molecular flexibility index (Phi) is 6.77. The zero-order chi connectivity index (χ0) is 14.8. The van der Waals surface area contributed by atoms with Crippen molar-refractivity contribution in [2.45, 2.75) is 19.5 Å². The number of nitrogens with zero attached hydrogens (tertiary/aromatic N) is 2. The quantitative estimate of drug-likeness (QED) is 0.680. The molecular formula is C16H23N3O2. The highest BCUT2D eigenvalue weighted by molar-refractivity contribution is 5.33. The summed E-state index contributed by atoms with van der Waals surface area (Å²) in [6, 6.07) is 8.14. The maximum atomic E-state index is 5.89. The molecule has 0 aliphatic heterocycles. The zero-order valence-electron chi connectivity index (χ0n) is 12.5. The first-order valence-electron chi connectivity index (χ1n) is 7.26. The second kappa shape index (κ2) is 9.15. The first-order valence-corrected chi connectivity index (χ1v) is 7.26. The zero-order valence-corrected chi connectivity index (χ0v) is 12.5. The number of nitrogens with one attached hydrogen (secondary N) is 1. The van der Waals surface area contributed by atoms with Crippen molar-refractivity contribution in [3.8, 4) is 5.75 Å². The van der Waals surface area contributed by atoms with Gasteiger partial charge in [0.2, 0.25) is 0 Å². The average molecular weight is 289 g/mol. The van der Waals surface area contributed by atoms with Crippen molar-refractivity contribution in [1.29, 1.82) is 0 Å². The van der Waals surface area contributed by atoms with E-state index < -0.39 is 0 Å². The molecule has 1 aromatic carbocycles. The van der Waals surface area contributed by atoms with E-state index in [2.05, 4.69) is 20.9 Å². The molecule has 0 aliphatic rings. The molecule has 0 radical (unpaired) electrons. The summed E-state index contributed by atoms with van der Waals surface area (Å²) in [5, 5.41) is 3.34. The van der Waals surface area contributed by atoms with Crippen LogP contribution in [0.2, 0.25) is 0 Å². The first-order chi connectivity index (χ1) is 10.4. The van der Waals surface area contributed by atoms with E-state index in [9.17, 15) is 0 Å². The normalized spacial score (nSPS) is 10.7. The molecule has 21 heavy (non-hydrogen) atoms. The van der Waals surface area contributed by atoms with Gasteiger partial charge in [0.15, 0.2) is 0 Å². The Hall–Kier alpha value is -1.85. The van der Waals surface area contributed by atoms with Crippen molar-refractivity contribution in [2.75, 3.05) is 26.9 Å². The predicted molar refractivity (Wildman–Crippen MR) is 82.4 cm³/mol. The molecule has 0 fully saturated rings. The van der Waals surface area contributed by atoms with Gasteiger partial charge in [-0.15, -0.1) is 0 Å². The Morgan fingerprint density at radius 1 is 1.24 bits per heavy atom. The number of imidazole rings is 1. The molecule has 0 aliphatic carbocycles. The van der Waals surface area contributed by atoms with Crippen LogP contribution in [-0.4, -0.2) is 36.4 Å². The maximum absolute atomic E-state index is 5.89. The molecule has 0 saturated carbocycles. The molecular weight excluding hydrogens is 266 g/mol. The van der Waals surface area contributed by atoms with Crippen molar-refractivity contribution in [3.05, 3.63) is 48.5 Å². The third-order valence-corrected chi connectivity index (χ3v) is 3.15. The van der Waals surface area contributed by atoms with Gasteiger partial charge in [-0.3, -0.25) is 0 Å². The van der Waals surface area contributed by atoms with Crippen LogP contribution in [0.25, 0.3) is 0 Å². The summed E-state index contributed by atoms with van der Waals surface area (Å²) in [4.78, 5) is 4.03. The van der Waals surface area contributed by atoms with E-state index >= 15 is 0 Å². The van der Waals surface area contributed by atoms with Gasteiger partial charge in [0, 0.05) is 44.7 Å². The summed E-state index contributed by atoms with van der Waals surface area (Å²) in [5.74, 6) is 0.952. The molecule has 1 heterocycles. The van der Waals surface area contributed by atoms with Crippen LogP contribution < -0.4 is 10.1 Å². The molecule has 5 nitrogen and oxygen atoms in total. The number of ether oxygens (including phenoxy) is 2. The molecule has 114 valence electrons. The second-order valence-corrected chi connectivity index (χ2v) is 4.78. The number of hydrogen-bond acceptors (Lipinski definition) is 4. The van der Waals surface area contributed by atoms with Crippen LogP contribution in [0.4, 0.5) is 0 Å². The molecule has 0 unspecified atom stereocenters. The average Bonchev–Trinajstić information content (AvgIpc) is 3.03. The number of aryl methyl sites for hydroxylation is 1. The Labute approximate surface area is 125 Å². The number of benzene rings is 1. The Balaban J connectivity index is 1.73. The Morgan fingerprint density at radius 2 is 2.14 bits per heavy atom. The molecule has 0 saturated heterocycles. The molecule has 2 rings (SSSR count). The van der Waals surface area contributed by atoms with E-state index in [1.807, 2.05) is 30.7 Å². The van der Waals surface area contributed by atoms with Gasteiger partial charge >= 0.3 is 0 Å². The van der Waals surface area contributed by atoms with E-state index in [0.717, 1.165) is 31.8 Å². The first kappa shape index (κ1) is 15.5. The lowest BCUT2D eigenvalue weighted by Crippen LogP contribution is -2.19. The minimum Gasteiger partial charge on any atom is -0.493 e. The fraction of sp³-hybridized carbons (Fsp3) is 0.438. The fourth-order valence-electron chi connectivity index (χ4n) is 2.04. The number of rotatable bonds is 10. The number of hydrogen-bond donors (Lipinski definition) is 1. The van der Waals surface area contributed by atoms with E-state index in [1.165, 1.54) is 5.56 Å². The summed E-state index contributed by atoms with van der Waals surface area (Å²) in [5.41, 5.74) is 1.18. The van der Waals surface area contributed by atoms with Crippen LogP contribution >= 0.6 is 0 Å². The third-order valence-electron chi connectivity index (χ3n) is 3.15. The molecule has 1 aromatic heterocycles. The minimum atomic E-state index is 0.702. The Bertz CT molecular complexity index is 500. The number of aromatic nitrogens is 2. The van der Waals surface area contributed by atoms with Crippen LogP contribution in [0.3, 0.4) is 0 Å². The highest BCUT2D eigenvalue weighted by Crippen LogP contribution is 2.17. The maximum Gasteiger partial charge on any atom is 0.123 e. The van der Waals surface area contributed by atoms with Crippen LogP contribution in [-0.2, 0) is 17.8 Å². The molecule has 0 spiro atoms. The highest BCUT2D eigenvalue weighted by Gasteiger charge is 2.02. The van der Waals surface area contributed by atoms with Crippen LogP contribution in [0.5, 0.6) is 5.75 Å². The van der Waals surface area contributed by atoms with Crippen molar-refractivity contribution in [1.82, 2.24) is 14.9 Å². The predicted octanol–water partition coefficient (Wildman–Crippen LogP) is 2.09. The second-order valence-electron chi connectivity index (χ2n) is 4.78. The lowest BCUT2D eigenvalue weighted by molar-refractivity contribution is 0.199. The standard InChI is InChI=1S/C16H23N3O2/c1-20-12-8-17-13-15-5-2-3-6-16(15)21-11-4-9-19-10-7-18-14-19/h2-3,5-7,10,14,17H,4,8-9,11-13H2,1H3. The van der Waals surface area contributed by atoms with Crippen molar-refractivity contribution in [3.63, 3.8) is 0 Å². The van der Waals surface area contributed by atoms with E-state index in [0.29, 0.717) is 13.2 Å². The van der Waals surface area contributed by atoms with E-state index in [4.69, 9.17) is 9.47 Å². The monoisotopic (exact) mass is 289 g/mol. The number of methoxy groups -OCH3 is 1. The summed E-state index contributed by atoms with van der Waals surface area (Å²) in [7, 11) is 1.71. The SMILES string of the molecule is COCCNCc1ccccc1OCCCn1ccnc1. The van der Waals surface area contributed by atoms with Crippen LogP contribution in [0, 0.1) is 0 Å². The summed E-state index contributed by atoms with van der Waals surface area (Å²) in [6.45, 7) is 3.97. The molecule has 2 aromatic rings. The van der Waals surface area contributed by atoms with Gasteiger partial charge in [-0.2, -0.15) is 0 Å². The number of para-hydroxylation sites is 1. The van der Waals surface area contributed by atoms with Gasteiger partial charge < -0.3 is 19.4 Å². The molecule has 1 N–H and O–H groups in total. The molecule has 0 bridgehead atoms. The smallest absolute Gasteiger partial charge is 0.123 e. The van der Waals surface area contributed by atoms with Crippen molar-refractivity contribution >= 4 is 0 Å². The topological polar surface area (TPSA) is 48.3 Å². The minimum absolute atomic E-state index is 0.702. The molecule has 0 amide bonds. The lowest BCUT2D eigenvalue weighted by Gasteiger charge is -2.12. The lowest BCUT2D eigenvalue weighted by atomic mass is 10.2. The van der Waals surface area contributed by atoms with Gasteiger partial charge in [0.1, 0.15) is 5.75 Å². The third kappa shape index (κ3) is 5.57. The van der Waals surface area contributed by atoms with Gasteiger partial charge in [-0.1, -0.05) is 18.2 Å². The van der Waals surface area contributed by atoms with Crippen LogP contribution in [0.15, 0.2) is 43.0 Å². The summed E-state index contributed by atoms with van der Waals surface area (Å²) >= 11 is 0. The molecule has 0 atom stereocenters. The summed E-state index contributed by atoms with van der Waals surface area (Å²) in [6.07, 6.45) is 6.55. The van der Waals surface area contributed by atoms with Gasteiger partial charge in [0.25, 0.3) is 0 Å². The highest BCUT2D eigenvalue weighted by atomic mass is 16.5. The van der Waals surface area contributed by atoms with Gasteiger partial charge in [0.05, 0.1) is 19.5 Å². The molecule has 5 heteroatoms. The largest absolute Gasteiger partial charge is 0.493 e. The van der Waals surface area contributed by atoms with E-state index in [1.54, 1.807) is 13.3 Å². The van der Waals surface area contributed by atoms with Gasteiger partial charge in [-0.05, 0) is 12.5 Å². The van der Waals surface area contributed by atoms with E-state index in [-0.39, 0.29) is 0 Å². The fourth-order valence-corrected chi connectivity index (χ4v) is 2.04. The van der Waals surface area contributed by atoms with Gasteiger partial charge in [-0.25, -0.2) is 4.98 Å². The summed E-state index contributed by atoms with van der Waals surface area (Å²) < 4.78 is 13.0. The van der Waals surface area contributed by atoms with Crippen molar-refractivity contribution < 1.29 is 9.47 Å².